The molecule has 0 aliphatic heterocycles. The fraction of sp³-hybridized carbons (Fsp3) is 0.600. The molecule has 18 heavy (non-hydrogen) atoms. The fourth-order valence-electron chi connectivity index (χ4n) is 1.36. The third-order valence-corrected chi connectivity index (χ3v) is 3.37. The summed E-state index contributed by atoms with van der Waals surface area (Å²) in [6.07, 6.45) is 1.31. The Hall–Kier alpha value is -1.63. The van der Waals surface area contributed by atoms with E-state index >= 15 is 0 Å². The number of halogens is 1. The van der Waals surface area contributed by atoms with Crippen molar-refractivity contribution < 1.29 is 10.1 Å². The standard InChI is InChI=1S/C10H15ClN4O3/c1-7-12-9(15(17)18)5-14(7)4-8(13-16)10(2,3)6-11/h5,16H,4,6H2,1-3H3. The molecular formula is C10H15ClN4O3. The summed E-state index contributed by atoms with van der Waals surface area (Å²) in [6, 6.07) is 0. The molecule has 0 bridgehead atoms. The summed E-state index contributed by atoms with van der Waals surface area (Å²) < 4.78 is 1.56. The van der Waals surface area contributed by atoms with Gasteiger partial charge in [-0.1, -0.05) is 19.0 Å². The topological polar surface area (TPSA) is 93.5 Å². The van der Waals surface area contributed by atoms with E-state index in [1.165, 1.54) is 6.20 Å². The number of rotatable bonds is 5. The van der Waals surface area contributed by atoms with Crippen LogP contribution >= 0.6 is 11.6 Å². The minimum absolute atomic E-state index is 0.211. The first kappa shape index (κ1) is 14.4. The molecule has 0 atom stereocenters. The Morgan fingerprint density at radius 2 is 2.33 bits per heavy atom. The molecule has 0 unspecified atom stereocenters. The predicted octanol–water partition coefficient (Wildman–Crippen LogP) is 2.19. The number of hydrogen-bond acceptors (Lipinski definition) is 5. The molecule has 1 N–H and O–H groups in total. The average Bonchev–Trinajstić information content (AvgIpc) is 2.67. The van der Waals surface area contributed by atoms with E-state index in [0.717, 1.165) is 0 Å². The van der Waals surface area contributed by atoms with Crippen LogP contribution in [0.2, 0.25) is 0 Å². The first-order valence-corrected chi connectivity index (χ1v) is 5.81. The van der Waals surface area contributed by atoms with Crippen molar-refractivity contribution >= 4 is 23.1 Å². The normalized spacial score (nSPS) is 12.8. The molecule has 0 aliphatic rings. The fourth-order valence-corrected chi connectivity index (χ4v) is 1.51. The summed E-state index contributed by atoms with van der Waals surface area (Å²) in [7, 11) is 0. The number of alkyl halides is 1. The van der Waals surface area contributed by atoms with Gasteiger partial charge in [-0.3, -0.25) is 0 Å². The van der Waals surface area contributed by atoms with E-state index in [1.807, 2.05) is 13.8 Å². The van der Waals surface area contributed by atoms with Crippen molar-refractivity contribution in [1.29, 1.82) is 0 Å². The van der Waals surface area contributed by atoms with Crippen LogP contribution in [0.1, 0.15) is 19.7 Å². The van der Waals surface area contributed by atoms with E-state index in [4.69, 9.17) is 16.8 Å². The van der Waals surface area contributed by atoms with Crippen LogP contribution in [-0.4, -0.2) is 31.3 Å². The smallest absolute Gasteiger partial charge is 0.381 e. The minimum Gasteiger partial charge on any atom is -0.411 e. The van der Waals surface area contributed by atoms with Crippen molar-refractivity contribution in [3.05, 3.63) is 22.1 Å². The van der Waals surface area contributed by atoms with Crippen LogP contribution in [0.15, 0.2) is 11.4 Å². The molecule has 0 aromatic carbocycles. The minimum atomic E-state index is -0.564. The van der Waals surface area contributed by atoms with Crippen molar-refractivity contribution in [2.45, 2.75) is 27.3 Å². The van der Waals surface area contributed by atoms with Gasteiger partial charge in [0.1, 0.15) is 6.20 Å². The maximum absolute atomic E-state index is 10.6. The summed E-state index contributed by atoms with van der Waals surface area (Å²) in [4.78, 5) is 13.8. The number of nitro groups is 1. The van der Waals surface area contributed by atoms with Crippen molar-refractivity contribution in [1.82, 2.24) is 9.55 Å². The van der Waals surface area contributed by atoms with Gasteiger partial charge in [0.15, 0.2) is 0 Å². The molecule has 0 saturated carbocycles. The Morgan fingerprint density at radius 3 is 2.72 bits per heavy atom. The van der Waals surface area contributed by atoms with Crippen LogP contribution in [-0.2, 0) is 6.54 Å². The summed E-state index contributed by atoms with van der Waals surface area (Å²) in [5.41, 5.74) is -0.0604. The van der Waals surface area contributed by atoms with Gasteiger partial charge in [-0.05, 0) is 9.91 Å². The molecule has 1 rings (SSSR count). The lowest BCUT2D eigenvalue weighted by atomic mass is 9.89. The van der Waals surface area contributed by atoms with Crippen molar-refractivity contribution in [2.24, 2.45) is 10.6 Å². The lowest BCUT2D eigenvalue weighted by Gasteiger charge is -2.22. The van der Waals surface area contributed by atoms with Gasteiger partial charge in [0.2, 0.25) is 5.82 Å². The molecule has 0 aliphatic carbocycles. The molecule has 0 spiro atoms. The van der Waals surface area contributed by atoms with E-state index in [9.17, 15) is 10.1 Å². The largest absolute Gasteiger partial charge is 0.411 e. The summed E-state index contributed by atoms with van der Waals surface area (Å²) >= 11 is 5.80. The first-order valence-electron chi connectivity index (χ1n) is 5.27. The van der Waals surface area contributed by atoms with Crippen LogP contribution in [0.25, 0.3) is 0 Å². The van der Waals surface area contributed by atoms with Gasteiger partial charge in [0, 0.05) is 18.2 Å². The van der Waals surface area contributed by atoms with E-state index < -0.39 is 10.3 Å². The van der Waals surface area contributed by atoms with Crippen LogP contribution in [0, 0.1) is 22.5 Å². The van der Waals surface area contributed by atoms with E-state index in [1.54, 1.807) is 11.5 Å². The number of hydrogen-bond donors (Lipinski definition) is 1. The Bertz CT molecular complexity index is 481. The molecule has 1 aromatic heterocycles. The van der Waals surface area contributed by atoms with Gasteiger partial charge < -0.3 is 19.9 Å². The highest BCUT2D eigenvalue weighted by Gasteiger charge is 2.27. The van der Waals surface area contributed by atoms with Gasteiger partial charge >= 0.3 is 5.82 Å². The number of imidazole rings is 1. The molecule has 1 aromatic rings. The predicted molar refractivity (Wildman–Crippen MR) is 67.3 cm³/mol. The second-order valence-electron chi connectivity index (χ2n) is 4.60. The zero-order valence-electron chi connectivity index (χ0n) is 10.4. The van der Waals surface area contributed by atoms with Crippen LogP contribution < -0.4 is 0 Å². The van der Waals surface area contributed by atoms with Gasteiger partial charge in [-0.15, -0.1) is 11.6 Å². The number of nitrogens with zero attached hydrogens (tertiary/aromatic N) is 4. The van der Waals surface area contributed by atoms with Crippen molar-refractivity contribution in [3.63, 3.8) is 0 Å². The van der Waals surface area contributed by atoms with Crippen LogP contribution in [0.4, 0.5) is 5.82 Å². The maximum Gasteiger partial charge on any atom is 0.381 e. The van der Waals surface area contributed by atoms with Gasteiger partial charge in [-0.2, -0.15) is 0 Å². The van der Waals surface area contributed by atoms with Gasteiger partial charge in [0.05, 0.1) is 12.3 Å². The zero-order valence-corrected chi connectivity index (χ0v) is 11.2. The Morgan fingerprint density at radius 1 is 1.72 bits per heavy atom. The van der Waals surface area contributed by atoms with Crippen molar-refractivity contribution in [3.8, 4) is 0 Å². The van der Waals surface area contributed by atoms with Gasteiger partial charge in [0.25, 0.3) is 0 Å². The lowest BCUT2D eigenvalue weighted by molar-refractivity contribution is -0.389. The molecule has 0 radical (unpaired) electrons. The molecule has 8 heteroatoms. The molecular weight excluding hydrogens is 260 g/mol. The second-order valence-corrected chi connectivity index (χ2v) is 4.86. The first-order chi connectivity index (χ1) is 8.31. The second kappa shape index (κ2) is 5.34. The zero-order chi connectivity index (χ0) is 13.9. The Balaban J connectivity index is 3.00. The molecule has 100 valence electrons. The average molecular weight is 275 g/mol. The lowest BCUT2D eigenvalue weighted by Crippen LogP contribution is -2.30. The highest BCUT2D eigenvalue weighted by molar-refractivity contribution is 6.20. The highest BCUT2D eigenvalue weighted by atomic mass is 35.5. The molecule has 0 amide bonds. The molecule has 0 fully saturated rings. The van der Waals surface area contributed by atoms with E-state index in [2.05, 4.69) is 10.1 Å². The van der Waals surface area contributed by atoms with Crippen LogP contribution in [0.3, 0.4) is 0 Å². The third kappa shape index (κ3) is 2.98. The number of aryl methyl sites for hydroxylation is 1. The van der Waals surface area contributed by atoms with E-state index in [0.29, 0.717) is 11.5 Å². The van der Waals surface area contributed by atoms with Crippen LogP contribution in [0.5, 0.6) is 0 Å². The summed E-state index contributed by atoms with van der Waals surface area (Å²) in [5.74, 6) is 0.532. The van der Waals surface area contributed by atoms with E-state index in [-0.39, 0.29) is 18.2 Å². The molecule has 0 saturated heterocycles. The quantitative estimate of drug-likeness (QED) is 0.293. The molecule has 1 heterocycles. The summed E-state index contributed by atoms with van der Waals surface area (Å²) in [6.45, 7) is 5.52. The highest BCUT2D eigenvalue weighted by Crippen LogP contribution is 2.22. The number of aromatic nitrogens is 2. The van der Waals surface area contributed by atoms with Gasteiger partial charge in [-0.25, -0.2) is 0 Å². The third-order valence-electron chi connectivity index (χ3n) is 2.71. The SMILES string of the molecule is Cc1nc([N+](=O)[O-])cn1CC(=NO)C(C)(C)CCl. The monoisotopic (exact) mass is 274 g/mol. The Labute approximate surface area is 109 Å². The molecule has 7 nitrogen and oxygen atoms in total. The van der Waals surface area contributed by atoms with Crippen molar-refractivity contribution in [2.75, 3.05) is 5.88 Å². The Kier molecular flexibility index (Phi) is 4.28. The number of oxime groups is 1. The maximum atomic E-state index is 10.6. The summed E-state index contributed by atoms with van der Waals surface area (Å²) in [5, 5.41) is 22.9.